The number of nitrogens with zero attached hydrogens (tertiary/aromatic N) is 3. The van der Waals surface area contributed by atoms with E-state index in [1.54, 1.807) is 0 Å². The molecule has 0 spiro atoms. The molecule has 4 rings (SSSR count). The molecule has 3 aliphatic rings. The van der Waals surface area contributed by atoms with Gasteiger partial charge in [0.05, 0.1) is 19.6 Å². The third-order valence-electron chi connectivity index (χ3n) is 6.27. The Kier molecular flexibility index (Phi) is 6.67. The molecule has 0 radical (unpaired) electrons. The number of morpholine rings is 1. The van der Waals surface area contributed by atoms with Crippen LogP contribution in [0.25, 0.3) is 0 Å². The van der Waals surface area contributed by atoms with Crippen LogP contribution in [0.5, 0.6) is 0 Å². The molecule has 0 bridgehead atoms. The summed E-state index contributed by atoms with van der Waals surface area (Å²) in [4.78, 5) is 31.4. The first-order valence-electron chi connectivity index (χ1n) is 10.9. The molecule has 29 heavy (non-hydrogen) atoms. The molecule has 3 heterocycles. The number of nitrogens with one attached hydrogen (secondary N) is 1. The number of amides is 3. The Hall–Kier alpha value is -2.12. The Morgan fingerprint density at radius 3 is 2.38 bits per heavy atom. The van der Waals surface area contributed by atoms with Crippen LogP contribution in [0.2, 0.25) is 0 Å². The van der Waals surface area contributed by atoms with Gasteiger partial charge in [0, 0.05) is 37.9 Å². The van der Waals surface area contributed by atoms with E-state index in [-0.39, 0.29) is 11.9 Å². The number of hydrogen-bond donors (Lipinski definition) is 1. The molecule has 1 aromatic carbocycles. The van der Waals surface area contributed by atoms with E-state index in [9.17, 15) is 9.59 Å². The second-order valence-electron chi connectivity index (χ2n) is 8.28. The Morgan fingerprint density at radius 2 is 1.66 bits per heavy atom. The van der Waals surface area contributed by atoms with Crippen LogP contribution in [0.4, 0.5) is 10.5 Å². The summed E-state index contributed by atoms with van der Waals surface area (Å²) in [6.45, 7) is 6.55. The topological polar surface area (TPSA) is 65.1 Å². The SMILES string of the molecule is O=C(Cc1ccc(NC(=O)N2CCCC(N3CCCC3)C2)cc1)N1CCOCC1. The fraction of sp³-hybridized carbons (Fsp3) is 0.636. The predicted octanol–water partition coefficient (Wildman–Crippen LogP) is 2.18. The Labute approximate surface area is 173 Å². The molecular weight excluding hydrogens is 368 g/mol. The first-order chi connectivity index (χ1) is 14.2. The van der Waals surface area contributed by atoms with Gasteiger partial charge in [0.2, 0.25) is 5.91 Å². The molecule has 0 saturated carbocycles. The number of rotatable bonds is 4. The van der Waals surface area contributed by atoms with Gasteiger partial charge < -0.3 is 19.9 Å². The van der Waals surface area contributed by atoms with Gasteiger partial charge in [0.15, 0.2) is 0 Å². The average molecular weight is 401 g/mol. The van der Waals surface area contributed by atoms with E-state index >= 15 is 0 Å². The maximum Gasteiger partial charge on any atom is 0.321 e. The minimum atomic E-state index is -0.0222. The zero-order chi connectivity index (χ0) is 20.1. The molecule has 1 atom stereocenters. The van der Waals surface area contributed by atoms with Gasteiger partial charge in [0.1, 0.15) is 0 Å². The number of carbonyl (C=O) groups is 2. The lowest BCUT2D eigenvalue weighted by atomic mass is 10.0. The van der Waals surface area contributed by atoms with Gasteiger partial charge in [0.25, 0.3) is 0 Å². The molecule has 3 fully saturated rings. The highest BCUT2D eigenvalue weighted by Gasteiger charge is 2.29. The molecule has 0 aromatic heterocycles. The van der Waals surface area contributed by atoms with E-state index < -0.39 is 0 Å². The lowest BCUT2D eigenvalue weighted by Crippen LogP contribution is -2.50. The summed E-state index contributed by atoms with van der Waals surface area (Å²) < 4.78 is 5.30. The van der Waals surface area contributed by atoms with Crippen molar-refractivity contribution in [2.24, 2.45) is 0 Å². The van der Waals surface area contributed by atoms with Crippen LogP contribution < -0.4 is 5.32 Å². The zero-order valence-corrected chi connectivity index (χ0v) is 17.1. The van der Waals surface area contributed by atoms with Crippen LogP contribution in [0.15, 0.2) is 24.3 Å². The molecule has 3 aliphatic heterocycles. The molecular formula is C22H32N4O3. The van der Waals surface area contributed by atoms with Crippen molar-refractivity contribution in [1.29, 1.82) is 0 Å². The normalized spacial score (nSPS) is 23.2. The third kappa shape index (κ3) is 5.28. The van der Waals surface area contributed by atoms with Crippen molar-refractivity contribution < 1.29 is 14.3 Å². The average Bonchev–Trinajstić information content (AvgIpc) is 3.31. The fourth-order valence-electron chi connectivity index (χ4n) is 4.55. The first kappa shape index (κ1) is 20.2. The highest BCUT2D eigenvalue weighted by molar-refractivity contribution is 5.89. The second kappa shape index (κ2) is 9.59. The standard InChI is InChI=1S/C22H32N4O3/c27-21(25-12-14-29-15-13-25)16-18-5-7-19(8-6-18)23-22(28)26-11-3-4-20(17-26)24-9-1-2-10-24/h5-8,20H,1-4,9-17H2,(H,23,28). The van der Waals surface area contributed by atoms with Gasteiger partial charge in [-0.1, -0.05) is 12.1 Å². The van der Waals surface area contributed by atoms with E-state index in [0.29, 0.717) is 38.8 Å². The number of carbonyl (C=O) groups excluding carboxylic acids is 2. The Bertz CT molecular complexity index is 697. The summed E-state index contributed by atoms with van der Waals surface area (Å²) in [6, 6.07) is 8.12. The third-order valence-corrected chi connectivity index (χ3v) is 6.27. The molecule has 3 amide bonds. The molecule has 158 valence electrons. The minimum absolute atomic E-state index is 0.0222. The highest BCUT2D eigenvalue weighted by atomic mass is 16.5. The van der Waals surface area contributed by atoms with E-state index in [2.05, 4.69) is 10.2 Å². The zero-order valence-electron chi connectivity index (χ0n) is 17.1. The number of urea groups is 1. The number of ether oxygens (including phenoxy) is 1. The van der Waals surface area contributed by atoms with E-state index in [4.69, 9.17) is 4.74 Å². The number of benzene rings is 1. The monoisotopic (exact) mass is 400 g/mol. The predicted molar refractivity (Wildman–Crippen MR) is 112 cm³/mol. The number of anilines is 1. The molecule has 1 N–H and O–H groups in total. The van der Waals surface area contributed by atoms with Gasteiger partial charge in [-0.05, 0) is 56.5 Å². The van der Waals surface area contributed by atoms with Crippen molar-refractivity contribution in [2.75, 3.05) is 57.8 Å². The fourth-order valence-corrected chi connectivity index (χ4v) is 4.55. The minimum Gasteiger partial charge on any atom is -0.378 e. The molecule has 3 saturated heterocycles. The number of likely N-dealkylation sites (tertiary alicyclic amines) is 2. The van der Waals surface area contributed by atoms with Crippen molar-refractivity contribution in [3.05, 3.63) is 29.8 Å². The van der Waals surface area contributed by atoms with Crippen molar-refractivity contribution in [2.45, 2.75) is 38.1 Å². The van der Waals surface area contributed by atoms with Crippen LogP contribution in [0.1, 0.15) is 31.2 Å². The highest BCUT2D eigenvalue weighted by Crippen LogP contribution is 2.21. The smallest absolute Gasteiger partial charge is 0.321 e. The van der Waals surface area contributed by atoms with Crippen LogP contribution in [-0.2, 0) is 16.0 Å². The van der Waals surface area contributed by atoms with Crippen molar-refractivity contribution in [1.82, 2.24) is 14.7 Å². The van der Waals surface area contributed by atoms with Crippen molar-refractivity contribution in [3.8, 4) is 0 Å². The van der Waals surface area contributed by atoms with Crippen LogP contribution in [0.3, 0.4) is 0 Å². The Balaban J connectivity index is 1.27. The van der Waals surface area contributed by atoms with Gasteiger partial charge in [-0.15, -0.1) is 0 Å². The summed E-state index contributed by atoms with van der Waals surface area (Å²) in [5, 5.41) is 3.02. The van der Waals surface area contributed by atoms with Crippen molar-refractivity contribution in [3.63, 3.8) is 0 Å². The van der Waals surface area contributed by atoms with E-state index in [0.717, 1.165) is 30.8 Å². The summed E-state index contributed by atoms with van der Waals surface area (Å²) in [6.07, 6.45) is 5.21. The number of piperidine rings is 1. The van der Waals surface area contributed by atoms with E-state index in [1.807, 2.05) is 34.1 Å². The second-order valence-corrected chi connectivity index (χ2v) is 8.28. The quantitative estimate of drug-likeness (QED) is 0.841. The lowest BCUT2D eigenvalue weighted by molar-refractivity contribution is -0.134. The summed E-state index contributed by atoms with van der Waals surface area (Å²) >= 11 is 0. The van der Waals surface area contributed by atoms with Crippen LogP contribution in [0, 0.1) is 0 Å². The van der Waals surface area contributed by atoms with Crippen molar-refractivity contribution >= 4 is 17.6 Å². The molecule has 7 nitrogen and oxygen atoms in total. The maximum absolute atomic E-state index is 12.7. The summed E-state index contributed by atoms with van der Waals surface area (Å²) in [5.74, 6) is 0.131. The largest absolute Gasteiger partial charge is 0.378 e. The molecule has 7 heteroatoms. The van der Waals surface area contributed by atoms with E-state index in [1.165, 1.54) is 32.4 Å². The first-order valence-corrected chi connectivity index (χ1v) is 10.9. The maximum atomic E-state index is 12.7. The van der Waals surface area contributed by atoms with Gasteiger partial charge in [-0.25, -0.2) is 4.79 Å². The number of hydrogen-bond acceptors (Lipinski definition) is 4. The van der Waals surface area contributed by atoms with Gasteiger partial charge in [-0.3, -0.25) is 9.69 Å². The summed E-state index contributed by atoms with van der Waals surface area (Å²) in [5.41, 5.74) is 1.74. The molecule has 1 unspecified atom stereocenters. The van der Waals surface area contributed by atoms with Crippen LogP contribution >= 0.6 is 0 Å². The van der Waals surface area contributed by atoms with Crippen LogP contribution in [-0.4, -0.2) is 85.2 Å². The van der Waals surface area contributed by atoms with Gasteiger partial charge in [-0.2, -0.15) is 0 Å². The lowest BCUT2D eigenvalue weighted by Gasteiger charge is -2.37. The molecule has 0 aliphatic carbocycles. The van der Waals surface area contributed by atoms with Gasteiger partial charge >= 0.3 is 6.03 Å². The Morgan fingerprint density at radius 1 is 0.931 bits per heavy atom. The summed E-state index contributed by atoms with van der Waals surface area (Å²) in [7, 11) is 0. The molecule has 1 aromatic rings.